The molecule has 1 aromatic heterocycles. The second-order valence-corrected chi connectivity index (χ2v) is 5.38. The summed E-state index contributed by atoms with van der Waals surface area (Å²) >= 11 is 1.50. The van der Waals surface area contributed by atoms with Crippen LogP contribution in [0.25, 0.3) is 0 Å². The summed E-state index contributed by atoms with van der Waals surface area (Å²) in [5, 5.41) is 0.927. The number of hydrazine groups is 1. The highest BCUT2D eigenvalue weighted by molar-refractivity contribution is 7.11. The molecule has 6 heteroatoms. The second kappa shape index (κ2) is 5.64. The van der Waals surface area contributed by atoms with Gasteiger partial charge in [0.15, 0.2) is 11.6 Å². The van der Waals surface area contributed by atoms with Gasteiger partial charge in [0, 0.05) is 5.56 Å². The van der Waals surface area contributed by atoms with Crippen LogP contribution in [0.1, 0.15) is 27.2 Å². The third-order valence-electron chi connectivity index (χ3n) is 2.89. The van der Waals surface area contributed by atoms with Crippen LogP contribution in [0.2, 0.25) is 0 Å². The lowest BCUT2D eigenvalue weighted by molar-refractivity contribution is 0.382. The Kier molecular flexibility index (Phi) is 4.14. The number of nitrogens with two attached hydrogens (primary N) is 1. The lowest BCUT2D eigenvalue weighted by atomic mass is 10.0. The number of benzene rings is 1. The molecule has 0 spiro atoms. The standard InChI is InChI=1S/C13H16FN3OS/c1-7-13(19-8(2)16-7)12(17-15)9-5-4-6-10(18-3)11(9)14/h4-6,12,17H,15H2,1-3H3. The van der Waals surface area contributed by atoms with Crippen LogP contribution in [0.4, 0.5) is 4.39 Å². The van der Waals surface area contributed by atoms with Gasteiger partial charge in [0.1, 0.15) is 0 Å². The van der Waals surface area contributed by atoms with E-state index in [1.807, 2.05) is 13.8 Å². The molecule has 4 nitrogen and oxygen atoms in total. The number of methoxy groups -OCH3 is 1. The van der Waals surface area contributed by atoms with Crippen LogP contribution < -0.4 is 16.0 Å². The zero-order chi connectivity index (χ0) is 14.0. The fourth-order valence-electron chi connectivity index (χ4n) is 2.03. The van der Waals surface area contributed by atoms with E-state index >= 15 is 0 Å². The topological polar surface area (TPSA) is 60.2 Å². The first kappa shape index (κ1) is 13.9. The maximum Gasteiger partial charge on any atom is 0.170 e. The smallest absolute Gasteiger partial charge is 0.170 e. The third kappa shape index (κ3) is 2.60. The van der Waals surface area contributed by atoms with Gasteiger partial charge in [-0.25, -0.2) is 14.8 Å². The highest BCUT2D eigenvalue weighted by Crippen LogP contribution is 2.33. The molecule has 1 atom stereocenters. The predicted octanol–water partition coefficient (Wildman–Crippen LogP) is 2.46. The Bertz CT molecular complexity index is 585. The SMILES string of the molecule is COc1cccc(C(NN)c2sc(C)nc2C)c1F. The van der Waals surface area contributed by atoms with E-state index in [0.717, 1.165) is 15.6 Å². The molecule has 2 rings (SSSR count). The number of hydrogen-bond donors (Lipinski definition) is 2. The Morgan fingerprint density at radius 3 is 2.68 bits per heavy atom. The van der Waals surface area contributed by atoms with Crippen molar-refractivity contribution in [3.8, 4) is 5.75 Å². The molecular weight excluding hydrogens is 265 g/mol. The van der Waals surface area contributed by atoms with Crippen LogP contribution in [0, 0.1) is 19.7 Å². The first-order valence-corrected chi connectivity index (χ1v) is 6.62. The number of aromatic nitrogens is 1. The number of rotatable bonds is 4. The summed E-state index contributed by atoms with van der Waals surface area (Å²) in [4.78, 5) is 5.26. The first-order chi connectivity index (χ1) is 9.08. The average molecular weight is 281 g/mol. The molecule has 2 aromatic rings. The number of halogens is 1. The monoisotopic (exact) mass is 281 g/mol. The molecule has 0 aliphatic carbocycles. The van der Waals surface area contributed by atoms with Gasteiger partial charge in [-0.05, 0) is 19.9 Å². The number of hydrogen-bond acceptors (Lipinski definition) is 5. The molecule has 0 bridgehead atoms. The van der Waals surface area contributed by atoms with Gasteiger partial charge in [-0.1, -0.05) is 12.1 Å². The molecule has 0 saturated carbocycles. The normalized spacial score (nSPS) is 12.5. The summed E-state index contributed by atoms with van der Waals surface area (Å²) in [5.41, 5.74) is 3.96. The first-order valence-electron chi connectivity index (χ1n) is 5.81. The molecule has 1 unspecified atom stereocenters. The fraction of sp³-hybridized carbons (Fsp3) is 0.308. The summed E-state index contributed by atoms with van der Waals surface area (Å²) in [6.45, 7) is 3.80. The molecule has 102 valence electrons. The van der Waals surface area contributed by atoms with Crippen molar-refractivity contribution in [2.24, 2.45) is 5.84 Å². The molecule has 1 aromatic carbocycles. The van der Waals surface area contributed by atoms with E-state index in [1.54, 1.807) is 18.2 Å². The largest absolute Gasteiger partial charge is 0.494 e. The summed E-state index contributed by atoms with van der Waals surface area (Å²) in [5.74, 6) is 5.40. The molecule has 0 fully saturated rings. The summed E-state index contributed by atoms with van der Waals surface area (Å²) < 4.78 is 19.3. The van der Waals surface area contributed by atoms with E-state index in [0.29, 0.717) is 5.56 Å². The molecule has 1 heterocycles. The van der Waals surface area contributed by atoms with Crippen LogP contribution in [0.5, 0.6) is 5.75 Å². The minimum absolute atomic E-state index is 0.205. The van der Waals surface area contributed by atoms with Crippen molar-refractivity contribution in [2.75, 3.05) is 7.11 Å². The van der Waals surface area contributed by atoms with Crippen molar-refractivity contribution >= 4 is 11.3 Å². The molecular formula is C13H16FN3OS. The summed E-state index contributed by atoms with van der Waals surface area (Å²) in [7, 11) is 1.44. The fourth-order valence-corrected chi connectivity index (χ4v) is 3.04. The highest BCUT2D eigenvalue weighted by atomic mass is 32.1. The minimum atomic E-state index is -0.429. The van der Waals surface area contributed by atoms with Crippen LogP contribution >= 0.6 is 11.3 Å². The zero-order valence-electron chi connectivity index (χ0n) is 11.0. The number of thiazole rings is 1. The van der Waals surface area contributed by atoms with Gasteiger partial charge in [-0.15, -0.1) is 11.3 Å². The molecule has 0 saturated heterocycles. The van der Waals surface area contributed by atoms with Gasteiger partial charge < -0.3 is 4.74 Å². The van der Waals surface area contributed by atoms with Gasteiger partial charge in [-0.2, -0.15) is 0 Å². The molecule has 0 aliphatic heterocycles. The van der Waals surface area contributed by atoms with Gasteiger partial charge in [0.25, 0.3) is 0 Å². The van der Waals surface area contributed by atoms with Gasteiger partial charge in [-0.3, -0.25) is 5.84 Å². The van der Waals surface area contributed by atoms with Crippen molar-refractivity contribution in [1.29, 1.82) is 0 Å². The van der Waals surface area contributed by atoms with E-state index in [-0.39, 0.29) is 5.75 Å². The molecule has 0 radical (unpaired) electrons. The number of nitrogens with zero attached hydrogens (tertiary/aromatic N) is 1. The van der Waals surface area contributed by atoms with Gasteiger partial charge in [0.05, 0.1) is 28.7 Å². The van der Waals surface area contributed by atoms with E-state index in [4.69, 9.17) is 10.6 Å². The van der Waals surface area contributed by atoms with E-state index in [1.165, 1.54) is 18.4 Å². The number of aryl methyl sites for hydroxylation is 2. The minimum Gasteiger partial charge on any atom is -0.494 e. The second-order valence-electron chi connectivity index (χ2n) is 4.15. The Hall–Kier alpha value is -1.50. The van der Waals surface area contributed by atoms with Crippen molar-refractivity contribution < 1.29 is 9.13 Å². The molecule has 3 N–H and O–H groups in total. The predicted molar refractivity (Wildman–Crippen MR) is 73.7 cm³/mol. The Morgan fingerprint density at radius 1 is 1.42 bits per heavy atom. The van der Waals surface area contributed by atoms with Crippen LogP contribution in [-0.2, 0) is 0 Å². The Balaban J connectivity index is 2.51. The molecule has 19 heavy (non-hydrogen) atoms. The van der Waals surface area contributed by atoms with Crippen molar-refractivity contribution in [3.05, 3.63) is 45.2 Å². The lowest BCUT2D eigenvalue weighted by Gasteiger charge is -2.17. The van der Waals surface area contributed by atoms with Crippen LogP contribution in [0.15, 0.2) is 18.2 Å². The Morgan fingerprint density at radius 2 is 2.16 bits per heavy atom. The quantitative estimate of drug-likeness (QED) is 0.667. The van der Waals surface area contributed by atoms with Gasteiger partial charge in [0.2, 0.25) is 0 Å². The van der Waals surface area contributed by atoms with Crippen LogP contribution in [-0.4, -0.2) is 12.1 Å². The maximum atomic E-state index is 14.3. The van der Waals surface area contributed by atoms with Crippen molar-refractivity contribution in [1.82, 2.24) is 10.4 Å². The third-order valence-corrected chi connectivity index (χ3v) is 4.03. The number of ether oxygens (including phenoxy) is 1. The highest BCUT2D eigenvalue weighted by Gasteiger charge is 2.23. The van der Waals surface area contributed by atoms with E-state index < -0.39 is 11.9 Å². The lowest BCUT2D eigenvalue weighted by Crippen LogP contribution is -2.29. The van der Waals surface area contributed by atoms with Gasteiger partial charge >= 0.3 is 0 Å². The Labute approximate surface area is 115 Å². The van der Waals surface area contributed by atoms with E-state index in [9.17, 15) is 4.39 Å². The summed E-state index contributed by atoms with van der Waals surface area (Å²) in [6.07, 6.45) is 0. The van der Waals surface area contributed by atoms with Crippen molar-refractivity contribution in [2.45, 2.75) is 19.9 Å². The number of nitrogens with one attached hydrogen (secondary N) is 1. The van der Waals surface area contributed by atoms with Crippen molar-refractivity contribution in [3.63, 3.8) is 0 Å². The maximum absolute atomic E-state index is 14.3. The van der Waals surface area contributed by atoms with E-state index in [2.05, 4.69) is 10.4 Å². The van der Waals surface area contributed by atoms with Crippen LogP contribution in [0.3, 0.4) is 0 Å². The molecule has 0 amide bonds. The molecule has 0 aliphatic rings. The zero-order valence-corrected chi connectivity index (χ0v) is 11.8. The summed E-state index contributed by atoms with van der Waals surface area (Å²) in [6, 6.07) is 4.58. The average Bonchev–Trinajstić information content (AvgIpc) is 2.72.